The fourth-order valence-electron chi connectivity index (χ4n) is 2.46. The van der Waals surface area contributed by atoms with Crippen LogP contribution in [0, 0.1) is 11.3 Å². The SMILES string of the molecule is N#Cc1cccc(COc2ccc(NC(=O)OCc3ccccc3)cc2Cl)c1. The van der Waals surface area contributed by atoms with Crippen molar-refractivity contribution in [2.24, 2.45) is 0 Å². The number of hydrogen-bond acceptors (Lipinski definition) is 4. The number of nitriles is 1. The Balaban J connectivity index is 1.54. The molecule has 140 valence electrons. The van der Waals surface area contributed by atoms with E-state index in [9.17, 15) is 4.79 Å². The lowest BCUT2D eigenvalue weighted by atomic mass is 10.1. The lowest BCUT2D eigenvalue weighted by Gasteiger charge is -2.11. The molecule has 0 saturated carbocycles. The number of benzene rings is 3. The molecule has 1 N–H and O–H groups in total. The second-order valence-electron chi connectivity index (χ2n) is 5.93. The number of nitrogens with one attached hydrogen (secondary N) is 1. The van der Waals surface area contributed by atoms with Crippen molar-refractivity contribution in [3.8, 4) is 11.8 Å². The Bertz CT molecular complexity index is 1000. The number of ether oxygens (including phenoxy) is 2. The highest BCUT2D eigenvalue weighted by atomic mass is 35.5. The molecule has 0 bridgehead atoms. The first-order chi connectivity index (χ1) is 13.6. The number of carbonyl (C=O) groups is 1. The minimum absolute atomic E-state index is 0.184. The third-order valence-electron chi connectivity index (χ3n) is 3.84. The molecule has 0 atom stereocenters. The maximum atomic E-state index is 11.9. The molecule has 1 amide bonds. The molecule has 28 heavy (non-hydrogen) atoms. The zero-order chi connectivity index (χ0) is 19.8. The zero-order valence-electron chi connectivity index (χ0n) is 14.9. The summed E-state index contributed by atoms with van der Waals surface area (Å²) in [7, 11) is 0. The fourth-order valence-corrected chi connectivity index (χ4v) is 2.70. The first-order valence-corrected chi connectivity index (χ1v) is 8.91. The minimum Gasteiger partial charge on any atom is -0.487 e. The van der Waals surface area contributed by atoms with Gasteiger partial charge in [0.25, 0.3) is 0 Å². The van der Waals surface area contributed by atoms with Gasteiger partial charge in [0, 0.05) is 5.69 Å². The predicted molar refractivity (Wildman–Crippen MR) is 107 cm³/mol. The highest BCUT2D eigenvalue weighted by molar-refractivity contribution is 6.32. The monoisotopic (exact) mass is 392 g/mol. The van der Waals surface area contributed by atoms with Crippen LogP contribution < -0.4 is 10.1 Å². The molecule has 3 aromatic rings. The first-order valence-electron chi connectivity index (χ1n) is 8.53. The summed E-state index contributed by atoms with van der Waals surface area (Å²) >= 11 is 6.24. The molecule has 0 aliphatic carbocycles. The van der Waals surface area contributed by atoms with Crippen molar-refractivity contribution < 1.29 is 14.3 Å². The van der Waals surface area contributed by atoms with Crippen LogP contribution in [0.4, 0.5) is 10.5 Å². The Labute approximate surface area is 168 Å². The summed E-state index contributed by atoms with van der Waals surface area (Å²) in [6.07, 6.45) is -0.568. The van der Waals surface area contributed by atoms with E-state index in [1.165, 1.54) is 0 Å². The molecule has 3 aromatic carbocycles. The normalized spacial score (nSPS) is 10.0. The third-order valence-corrected chi connectivity index (χ3v) is 4.14. The van der Waals surface area contributed by atoms with E-state index in [-0.39, 0.29) is 13.2 Å². The quantitative estimate of drug-likeness (QED) is 0.597. The van der Waals surface area contributed by atoms with E-state index >= 15 is 0 Å². The maximum Gasteiger partial charge on any atom is 0.411 e. The van der Waals surface area contributed by atoms with Crippen molar-refractivity contribution in [1.29, 1.82) is 5.26 Å². The number of nitrogens with zero attached hydrogens (tertiary/aromatic N) is 1. The number of amides is 1. The number of anilines is 1. The minimum atomic E-state index is -0.568. The number of halogens is 1. The van der Waals surface area contributed by atoms with E-state index in [1.54, 1.807) is 36.4 Å². The van der Waals surface area contributed by atoms with E-state index < -0.39 is 6.09 Å². The van der Waals surface area contributed by atoms with Crippen LogP contribution in [0.1, 0.15) is 16.7 Å². The van der Waals surface area contributed by atoms with Crippen LogP contribution in [-0.2, 0) is 18.0 Å². The van der Waals surface area contributed by atoms with Crippen LogP contribution in [0.25, 0.3) is 0 Å². The average molecular weight is 393 g/mol. The molecular formula is C22H17ClN2O3. The topological polar surface area (TPSA) is 71.3 Å². The van der Waals surface area contributed by atoms with E-state index in [0.29, 0.717) is 22.0 Å². The molecular weight excluding hydrogens is 376 g/mol. The predicted octanol–water partition coefficient (Wildman–Crippen LogP) is 5.54. The number of carbonyl (C=O) groups excluding carboxylic acids is 1. The molecule has 0 saturated heterocycles. The molecule has 0 heterocycles. The van der Waals surface area contributed by atoms with E-state index in [2.05, 4.69) is 11.4 Å². The summed E-state index contributed by atoms with van der Waals surface area (Å²) in [6, 6.07) is 23.6. The maximum absolute atomic E-state index is 11.9. The van der Waals surface area contributed by atoms with Gasteiger partial charge in [-0.05, 0) is 41.5 Å². The van der Waals surface area contributed by atoms with Crippen molar-refractivity contribution in [3.63, 3.8) is 0 Å². The van der Waals surface area contributed by atoms with Crippen LogP contribution in [0.15, 0.2) is 72.8 Å². The molecule has 0 radical (unpaired) electrons. The number of hydrogen-bond donors (Lipinski definition) is 1. The van der Waals surface area contributed by atoms with E-state index in [0.717, 1.165) is 11.1 Å². The van der Waals surface area contributed by atoms with Gasteiger partial charge < -0.3 is 9.47 Å². The van der Waals surface area contributed by atoms with Gasteiger partial charge in [0.2, 0.25) is 0 Å². The molecule has 5 nitrogen and oxygen atoms in total. The molecule has 0 aliphatic rings. The zero-order valence-corrected chi connectivity index (χ0v) is 15.6. The van der Waals surface area contributed by atoms with Gasteiger partial charge in [-0.3, -0.25) is 5.32 Å². The van der Waals surface area contributed by atoms with Gasteiger partial charge in [0.1, 0.15) is 19.0 Å². The van der Waals surface area contributed by atoms with Gasteiger partial charge in [0.05, 0.1) is 16.7 Å². The van der Waals surface area contributed by atoms with Crippen LogP contribution >= 0.6 is 11.6 Å². The van der Waals surface area contributed by atoms with Crippen molar-refractivity contribution >= 4 is 23.4 Å². The first kappa shape index (κ1) is 19.3. The second-order valence-corrected chi connectivity index (χ2v) is 6.34. The Morgan fingerprint density at radius 1 is 0.964 bits per heavy atom. The highest BCUT2D eigenvalue weighted by Gasteiger charge is 2.08. The average Bonchev–Trinajstić information content (AvgIpc) is 2.72. The van der Waals surface area contributed by atoms with Crippen LogP contribution in [-0.4, -0.2) is 6.09 Å². The smallest absolute Gasteiger partial charge is 0.411 e. The van der Waals surface area contributed by atoms with Gasteiger partial charge >= 0.3 is 6.09 Å². The summed E-state index contributed by atoms with van der Waals surface area (Å²) in [5.41, 5.74) is 2.84. The Morgan fingerprint density at radius 2 is 1.75 bits per heavy atom. The Hall–Kier alpha value is -3.49. The molecule has 0 aromatic heterocycles. The van der Waals surface area contributed by atoms with Crippen molar-refractivity contribution in [2.45, 2.75) is 13.2 Å². The van der Waals surface area contributed by atoms with Crippen LogP contribution in [0.5, 0.6) is 5.75 Å². The van der Waals surface area contributed by atoms with E-state index in [1.807, 2.05) is 36.4 Å². The summed E-state index contributed by atoms with van der Waals surface area (Å²) < 4.78 is 10.9. The van der Waals surface area contributed by atoms with Gasteiger partial charge in [-0.15, -0.1) is 0 Å². The summed E-state index contributed by atoms with van der Waals surface area (Å²) in [5, 5.41) is 11.9. The van der Waals surface area contributed by atoms with Crippen molar-refractivity contribution in [2.75, 3.05) is 5.32 Å². The molecule has 0 unspecified atom stereocenters. The van der Waals surface area contributed by atoms with Gasteiger partial charge in [-0.25, -0.2) is 4.79 Å². The largest absolute Gasteiger partial charge is 0.487 e. The molecule has 3 rings (SSSR count). The van der Waals surface area contributed by atoms with Gasteiger partial charge in [0.15, 0.2) is 0 Å². The van der Waals surface area contributed by atoms with Gasteiger partial charge in [-0.1, -0.05) is 54.1 Å². The fraction of sp³-hybridized carbons (Fsp3) is 0.0909. The summed E-state index contributed by atoms with van der Waals surface area (Å²) in [6.45, 7) is 0.463. The second kappa shape index (κ2) is 9.45. The van der Waals surface area contributed by atoms with Crippen molar-refractivity contribution in [3.05, 3.63) is 94.5 Å². The number of rotatable bonds is 6. The molecule has 0 aliphatic heterocycles. The Morgan fingerprint density at radius 3 is 2.50 bits per heavy atom. The summed E-state index contributed by atoms with van der Waals surface area (Å²) in [5.74, 6) is 0.479. The summed E-state index contributed by atoms with van der Waals surface area (Å²) in [4.78, 5) is 11.9. The highest BCUT2D eigenvalue weighted by Crippen LogP contribution is 2.28. The third kappa shape index (κ3) is 5.50. The van der Waals surface area contributed by atoms with E-state index in [4.69, 9.17) is 26.3 Å². The van der Waals surface area contributed by atoms with Crippen molar-refractivity contribution in [1.82, 2.24) is 0 Å². The van der Waals surface area contributed by atoms with Crippen LogP contribution in [0.2, 0.25) is 5.02 Å². The van der Waals surface area contributed by atoms with Crippen LogP contribution in [0.3, 0.4) is 0 Å². The molecule has 0 fully saturated rings. The Kier molecular flexibility index (Phi) is 6.50. The lowest BCUT2D eigenvalue weighted by Crippen LogP contribution is -2.13. The lowest BCUT2D eigenvalue weighted by molar-refractivity contribution is 0.155. The standard InChI is InChI=1S/C22H17ClN2O3/c23-20-12-19(25-22(26)28-14-16-5-2-1-3-6-16)9-10-21(20)27-15-18-8-4-7-17(11-18)13-24/h1-12H,14-15H2,(H,25,26). The molecule has 6 heteroatoms. The van der Waals surface area contributed by atoms with Gasteiger partial charge in [-0.2, -0.15) is 5.26 Å². The molecule has 0 spiro atoms.